The molecule has 0 bridgehead atoms. The Bertz CT molecular complexity index is 1130. The Hall–Kier alpha value is -3.26. The van der Waals surface area contributed by atoms with Gasteiger partial charge in [-0.15, -0.1) is 21.5 Å². The summed E-state index contributed by atoms with van der Waals surface area (Å²) in [5.74, 6) is -0.449. The standard InChI is InChI=1S/C18H12N2O5S/c1-10(16-19-20-17(25-16)15-7-4-8-26-15)23-18(22)14-9-12(21)11-5-2-3-6-13(11)24-14/h2-10H,1H3. The third-order valence-electron chi connectivity index (χ3n) is 3.64. The van der Waals surface area contributed by atoms with Gasteiger partial charge in [-0.25, -0.2) is 4.79 Å². The molecule has 0 aliphatic heterocycles. The lowest BCUT2D eigenvalue weighted by Gasteiger charge is -2.09. The van der Waals surface area contributed by atoms with E-state index >= 15 is 0 Å². The molecule has 3 heterocycles. The van der Waals surface area contributed by atoms with Crippen molar-refractivity contribution >= 4 is 28.3 Å². The molecular weight excluding hydrogens is 356 g/mol. The van der Waals surface area contributed by atoms with Crippen LogP contribution in [-0.2, 0) is 4.74 Å². The van der Waals surface area contributed by atoms with Crippen LogP contribution < -0.4 is 5.43 Å². The molecule has 4 rings (SSSR count). The van der Waals surface area contributed by atoms with Crippen molar-refractivity contribution in [2.24, 2.45) is 0 Å². The Balaban J connectivity index is 1.55. The summed E-state index contributed by atoms with van der Waals surface area (Å²) in [4.78, 5) is 25.2. The zero-order chi connectivity index (χ0) is 18.1. The van der Waals surface area contributed by atoms with Crippen molar-refractivity contribution in [1.29, 1.82) is 0 Å². The highest BCUT2D eigenvalue weighted by atomic mass is 32.1. The summed E-state index contributed by atoms with van der Waals surface area (Å²) < 4.78 is 16.3. The molecule has 0 fully saturated rings. The second kappa shape index (κ2) is 6.57. The highest BCUT2D eigenvalue weighted by Gasteiger charge is 2.22. The summed E-state index contributed by atoms with van der Waals surface area (Å²) in [5, 5.41) is 10.1. The first-order chi connectivity index (χ1) is 12.6. The second-order valence-corrected chi connectivity index (χ2v) is 6.39. The first kappa shape index (κ1) is 16.2. The lowest BCUT2D eigenvalue weighted by atomic mass is 10.2. The molecule has 8 heteroatoms. The lowest BCUT2D eigenvalue weighted by molar-refractivity contribution is 0.0245. The van der Waals surface area contributed by atoms with Crippen LogP contribution in [0.3, 0.4) is 0 Å². The quantitative estimate of drug-likeness (QED) is 0.505. The van der Waals surface area contributed by atoms with Crippen LogP contribution in [0.4, 0.5) is 0 Å². The van der Waals surface area contributed by atoms with Gasteiger partial charge in [0.05, 0.1) is 10.3 Å². The molecule has 0 saturated carbocycles. The number of para-hydroxylation sites is 1. The number of hydrogen-bond donors (Lipinski definition) is 0. The molecule has 1 aromatic carbocycles. The van der Waals surface area contributed by atoms with Crippen LogP contribution in [0.15, 0.2) is 61.5 Å². The van der Waals surface area contributed by atoms with Crippen molar-refractivity contribution in [1.82, 2.24) is 10.2 Å². The molecule has 0 saturated heterocycles. The largest absolute Gasteiger partial charge is 0.449 e. The van der Waals surface area contributed by atoms with E-state index in [1.807, 2.05) is 17.5 Å². The predicted molar refractivity (Wildman–Crippen MR) is 93.9 cm³/mol. The van der Waals surface area contributed by atoms with Gasteiger partial charge >= 0.3 is 5.97 Å². The number of carbonyl (C=O) groups excluding carboxylic acids is 1. The molecule has 0 aliphatic carbocycles. The fourth-order valence-electron chi connectivity index (χ4n) is 2.37. The molecule has 0 spiro atoms. The van der Waals surface area contributed by atoms with Crippen molar-refractivity contribution in [3.63, 3.8) is 0 Å². The highest BCUT2D eigenvalue weighted by molar-refractivity contribution is 7.13. The van der Waals surface area contributed by atoms with Gasteiger partial charge in [-0.2, -0.15) is 0 Å². The number of thiophene rings is 1. The molecule has 0 amide bonds. The molecule has 130 valence electrons. The fraction of sp³-hybridized carbons (Fsp3) is 0.111. The summed E-state index contributed by atoms with van der Waals surface area (Å²) >= 11 is 1.46. The maximum atomic E-state index is 12.3. The van der Waals surface area contributed by atoms with Crippen molar-refractivity contribution < 1.29 is 18.4 Å². The molecule has 26 heavy (non-hydrogen) atoms. The first-order valence-corrected chi connectivity index (χ1v) is 8.61. The maximum Gasteiger partial charge on any atom is 0.375 e. The molecule has 3 aromatic heterocycles. The van der Waals surface area contributed by atoms with Crippen LogP contribution in [0.25, 0.3) is 21.7 Å². The molecule has 1 atom stereocenters. The second-order valence-electron chi connectivity index (χ2n) is 5.44. The average molecular weight is 368 g/mol. The van der Waals surface area contributed by atoms with Crippen LogP contribution in [0.1, 0.15) is 29.5 Å². The third kappa shape index (κ3) is 3.02. The minimum Gasteiger partial charge on any atom is -0.449 e. The average Bonchev–Trinajstić information content (AvgIpc) is 3.33. The van der Waals surface area contributed by atoms with Crippen LogP contribution in [0, 0.1) is 0 Å². The molecule has 7 nitrogen and oxygen atoms in total. The van der Waals surface area contributed by atoms with Gasteiger partial charge in [0.25, 0.3) is 11.8 Å². The summed E-state index contributed by atoms with van der Waals surface area (Å²) in [7, 11) is 0. The van der Waals surface area contributed by atoms with Gasteiger partial charge in [0.2, 0.25) is 5.76 Å². The van der Waals surface area contributed by atoms with Gasteiger partial charge in [0.1, 0.15) is 5.58 Å². The number of aromatic nitrogens is 2. The summed E-state index contributed by atoms with van der Waals surface area (Å²) in [6, 6.07) is 11.5. The number of ether oxygens (including phenoxy) is 1. The Labute approximate surface area is 150 Å². The molecule has 4 aromatic rings. The molecule has 0 aliphatic rings. The Morgan fingerprint density at radius 3 is 2.81 bits per heavy atom. The number of esters is 1. The van der Waals surface area contributed by atoms with E-state index in [0.717, 1.165) is 10.9 Å². The van der Waals surface area contributed by atoms with E-state index in [1.54, 1.807) is 31.2 Å². The Morgan fingerprint density at radius 2 is 2.00 bits per heavy atom. The molecule has 1 unspecified atom stereocenters. The number of nitrogens with zero attached hydrogens (tertiary/aromatic N) is 2. The third-order valence-corrected chi connectivity index (χ3v) is 4.50. The van der Waals surface area contributed by atoms with E-state index in [0.29, 0.717) is 16.9 Å². The fourth-order valence-corrected chi connectivity index (χ4v) is 3.02. The van der Waals surface area contributed by atoms with Crippen LogP contribution in [-0.4, -0.2) is 16.2 Å². The minimum absolute atomic E-state index is 0.157. The SMILES string of the molecule is CC(OC(=O)c1cc(=O)c2ccccc2o1)c1nnc(-c2cccs2)o1. The number of fused-ring (bicyclic) bond motifs is 1. The minimum atomic E-state index is -0.791. The highest BCUT2D eigenvalue weighted by Crippen LogP contribution is 2.26. The smallest absolute Gasteiger partial charge is 0.375 e. The Morgan fingerprint density at radius 1 is 1.15 bits per heavy atom. The maximum absolute atomic E-state index is 12.3. The summed E-state index contributed by atoms with van der Waals surface area (Å²) in [5.41, 5.74) is 0.00148. The van der Waals surface area contributed by atoms with Crippen molar-refractivity contribution in [3.05, 3.63) is 69.7 Å². The van der Waals surface area contributed by atoms with Crippen LogP contribution >= 0.6 is 11.3 Å². The van der Waals surface area contributed by atoms with E-state index in [9.17, 15) is 9.59 Å². The lowest BCUT2D eigenvalue weighted by Crippen LogP contribution is -2.12. The predicted octanol–water partition coefficient (Wildman–Crippen LogP) is 3.82. The Kier molecular flexibility index (Phi) is 4.10. The summed E-state index contributed by atoms with van der Waals surface area (Å²) in [6.45, 7) is 1.60. The van der Waals surface area contributed by atoms with E-state index < -0.39 is 12.1 Å². The van der Waals surface area contributed by atoms with E-state index in [2.05, 4.69) is 10.2 Å². The first-order valence-electron chi connectivity index (χ1n) is 7.73. The topological polar surface area (TPSA) is 95.4 Å². The number of rotatable bonds is 4. The van der Waals surface area contributed by atoms with Gasteiger partial charge in [-0.3, -0.25) is 4.79 Å². The zero-order valence-electron chi connectivity index (χ0n) is 13.5. The van der Waals surface area contributed by atoms with Crippen molar-refractivity contribution in [2.75, 3.05) is 0 Å². The van der Waals surface area contributed by atoms with Gasteiger partial charge in [0.15, 0.2) is 11.5 Å². The molecular formula is C18H12N2O5S. The van der Waals surface area contributed by atoms with E-state index in [-0.39, 0.29) is 17.1 Å². The van der Waals surface area contributed by atoms with E-state index in [1.165, 1.54) is 11.3 Å². The normalized spacial score (nSPS) is 12.2. The zero-order valence-corrected chi connectivity index (χ0v) is 14.4. The van der Waals surface area contributed by atoms with E-state index in [4.69, 9.17) is 13.6 Å². The molecule has 0 N–H and O–H groups in total. The summed E-state index contributed by atoms with van der Waals surface area (Å²) in [6.07, 6.45) is -0.791. The van der Waals surface area contributed by atoms with Crippen molar-refractivity contribution in [3.8, 4) is 10.8 Å². The van der Waals surface area contributed by atoms with Crippen LogP contribution in [0.5, 0.6) is 0 Å². The van der Waals surface area contributed by atoms with Crippen LogP contribution in [0.2, 0.25) is 0 Å². The van der Waals surface area contributed by atoms with Gasteiger partial charge in [0, 0.05) is 6.07 Å². The van der Waals surface area contributed by atoms with Gasteiger partial charge < -0.3 is 13.6 Å². The number of carbonyl (C=O) groups is 1. The monoisotopic (exact) mass is 368 g/mol. The number of benzene rings is 1. The van der Waals surface area contributed by atoms with Crippen molar-refractivity contribution in [2.45, 2.75) is 13.0 Å². The molecule has 0 radical (unpaired) electrons. The number of hydrogen-bond acceptors (Lipinski definition) is 8. The van der Waals surface area contributed by atoms with Gasteiger partial charge in [-0.05, 0) is 30.5 Å². The van der Waals surface area contributed by atoms with Gasteiger partial charge in [-0.1, -0.05) is 18.2 Å².